The Labute approximate surface area is 117 Å². The van der Waals surface area contributed by atoms with Gasteiger partial charge in [0.05, 0.1) is 6.04 Å². The Balaban J connectivity index is 2.53. The SMILES string of the molecule is Cc1cccc(C(N)c2cc(F)c(F)cc2F)c1Br. The Morgan fingerprint density at radius 3 is 2.32 bits per heavy atom. The van der Waals surface area contributed by atoms with Crippen molar-refractivity contribution in [2.75, 3.05) is 0 Å². The van der Waals surface area contributed by atoms with Crippen LogP contribution in [0.2, 0.25) is 0 Å². The number of nitrogens with two attached hydrogens (primary N) is 1. The van der Waals surface area contributed by atoms with Crippen LogP contribution in [0.15, 0.2) is 34.8 Å². The lowest BCUT2D eigenvalue weighted by atomic mass is 9.97. The molecule has 0 aliphatic carbocycles. The van der Waals surface area contributed by atoms with Crippen molar-refractivity contribution in [2.45, 2.75) is 13.0 Å². The van der Waals surface area contributed by atoms with Crippen LogP contribution in [-0.4, -0.2) is 0 Å². The standard InChI is InChI=1S/C14H11BrF3N/c1-7-3-2-4-8(13(7)15)14(19)9-5-11(17)12(18)6-10(9)16/h2-6,14H,19H2,1H3. The van der Waals surface area contributed by atoms with E-state index in [1.165, 1.54) is 0 Å². The van der Waals surface area contributed by atoms with Gasteiger partial charge in [0.15, 0.2) is 11.6 Å². The second-order valence-corrected chi connectivity index (χ2v) is 5.04. The molecule has 0 radical (unpaired) electrons. The molecule has 0 bridgehead atoms. The summed E-state index contributed by atoms with van der Waals surface area (Å²) in [5.41, 5.74) is 7.41. The molecule has 5 heteroatoms. The monoisotopic (exact) mass is 329 g/mol. The highest BCUT2D eigenvalue weighted by Gasteiger charge is 2.19. The molecule has 2 aromatic carbocycles. The van der Waals surface area contributed by atoms with Crippen LogP contribution < -0.4 is 5.73 Å². The Morgan fingerprint density at radius 2 is 1.63 bits per heavy atom. The molecule has 0 aromatic heterocycles. The van der Waals surface area contributed by atoms with Crippen LogP contribution >= 0.6 is 15.9 Å². The Hall–Kier alpha value is -1.33. The third kappa shape index (κ3) is 2.67. The topological polar surface area (TPSA) is 26.0 Å². The van der Waals surface area contributed by atoms with Gasteiger partial charge in [-0.2, -0.15) is 0 Å². The van der Waals surface area contributed by atoms with E-state index in [2.05, 4.69) is 15.9 Å². The molecular weight excluding hydrogens is 319 g/mol. The Kier molecular flexibility index (Phi) is 3.96. The number of hydrogen-bond donors (Lipinski definition) is 1. The van der Waals surface area contributed by atoms with Crippen molar-refractivity contribution >= 4 is 15.9 Å². The molecule has 100 valence electrons. The highest BCUT2D eigenvalue weighted by atomic mass is 79.9. The van der Waals surface area contributed by atoms with Crippen LogP contribution in [0.4, 0.5) is 13.2 Å². The second kappa shape index (κ2) is 5.35. The molecule has 19 heavy (non-hydrogen) atoms. The predicted molar refractivity (Wildman–Crippen MR) is 71.2 cm³/mol. The van der Waals surface area contributed by atoms with Crippen molar-refractivity contribution in [1.29, 1.82) is 0 Å². The van der Waals surface area contributed by atoms with E-state index in [0.29, 0.717) is 11.6 Å². The maximum absolute atomic E-state index is 13.7. The third-order valence-corrected chi connectivity index (χ3v) is 4.01. The fourth-order valence-electron chi connectivity index (χ4n) is 1.85. The van der Waals surface area contributed by atoms with Gasteiger partial charge in [-0.3, -0.25) is 0 Å². The van der Waals surface area contributed by atoms with Crippen molar-refractivity contribution < 1.29 is 13.2 Å². The minimum absolute atomic E-state index is 0.0785. The van der Waals surface area contributed by atoms with Gasteiger partial charge in [-0.1, -0.05) is 34.1 Å². The van der Waals surface area contributed by atoms with Gasteiger partial charge in [0.2, 0.25) is 0 Å². The van der Waals surface area contributed by atoms with Gasteiger partial charge >= 0.3 is 0 Å². The molecule has 0 heterocycles. The molecule has 0 saturated heterocycles. The molecule has 1 atom stereocenters. The van der Waals surface area contributed by atoms with Crippen molar-refractivity contribution in [2.24, 2.45) is 5.73 Å². The predicted octanol–water partition coefficient (Wildman–Crippen LogP) is 4.22. The highest BCUT2D eigenvalue weighted by molar-refractivity contribution is 9.10. The van der Waals surface area contributed by atoms with Crippen LogP contribution in [0.3, 0.4) is 0 Å². The van der Waals surface area contributed by atoms with Crippen LogP contribution in [0.25, 0.3) is 0 Å². The molecule has 2 aromatic rings. The van der Waals surface area contributed by atoms with E-state index in [4.69, 9.17) is 5.73 Å². The van der Waals surface area contributed by atoms with Crippen LogP contribution in [-0.2, 0) is 0 Å². The maximum Gasteiger partial charge on any atom is 0.161 e. The summed E-state index contributed by atoms with van der Waals surface area (Å²) in [5.74, 6) is -3.20. The largest absolute Gasteiger partial charge is 0.320 e. The quantitative estimate of drug-likeness (QED) is 0.820. The van der Waals surface area contributed by atoms with E-state index in [1.54, 1.807) is 12.1 Å². The highest BCUT2D eigenvalue weighted by Crippen LogP contribution is 2.31. The molecule has 0 saturated carbocycles. The first-order valence-electron chi connectivity index (χ1n) is 5.57. The van der Waals surface area contributed by atoms with Crippen molar-refractivity contribution in [1.82, 2.24) is 0 Å². The summed E-state index contributed by atoms with van der Waals surface area (Å²) in [6.07, 6.45) is 0. The first kappa shape index (κ1) is 14.1. The molecular formula is C14H11BrF3N. The molecule has 2 N–H and O–H groups in total. The van der Waals surface area contributed by atoms with Gasteiger partial charge in [-0.15, -0.1) is 0 Å². The lowest BCUT2D eigenvalue weighted by Gasteiger charge is -2.16. The first-order chi connectivity index (χ1) is 8.91. The molecule has 0 amide bonds. The van der Waals surface area contributed by atoms with Gasteiger partial charge in [-0.05, 0) is 24.1 Å². The third-order valence-electron chi connectivity index (χ3n) is 2.93. The molecule has 1 nitrogen and oxygen atoms in total. The lowest BCUT2D eigenvalue weighted by Crippen LogP contribution is -2.15. The molecule has 0 fully saturated rings. The van der Waals surface area contributed by atoms with E-state index in [9.17, 15) is 13.2 Å². The number of benzene rings is 2. The smallest absolute Gasteiger partial charge is 0.161 e. The summed E-state index contributed by atoms with van der Waals surface area (Å²) in [4.78, 5) is 0. The maximum atomic E-state index is 13.7. The van der Waals surface area contributed by atoms with Gasteiger partial charge in [0.25, 0.3) is 0 Å². The number of halogens is 4. The summed E-state index contributed by atoms with van der Waals surface area (Å²) in [6.45, 7) is 1.86. The summed E-state index contributed by atoms with van der Waals surface area (Å²) in [5, 5.41) is 0. The van der Waals surface area contributed by atoms with Gasteiger partial charge < -0.3 is 5.73 Å². The van der Waals surface area contributed by atoms with E-state index < -0.39 is 23.5 Å². The van der Waals surface area contributed by atoms with Gasteiger partial charge in [0.1, 0.15) is 5.82 Å². The molecule has 2 rings (SSSR count). The summed E-state index contributed by atoms with van der Waals surface area (Å²) in [6, 6.07) is 5.78. The zero-order valence-corrected chi connectivity index (χ0v) is 11.6. The molecule has 0 aliphatic heterocycles. The average molecular weight is 330 g/mol. The molecule has 0 aliphatic rings. The lowest BCUT2D eigenvalue weighted by molar-refractivity contribution is 0.487. The van der Waals surface area contributed by atoms with Gasteiger partial charge in [0, 0.05) is 16.1 Å². The van der Waals surface area contributed by atoms with Crippen LogP contribution in [0.5, 0.6) is 0 Å². The summed E-state index contributed by atoms with van der Waals surface area (Å²) in [7, 11) is 0. The normalized spacial score (nSPS) is 12.5. The zero-order chi connectivity index (χ0) is 14.2. The summed E-state index contributed by atoms with van der Waals surface area (Å²) >= 11 is 3.37. The average Bonchev–Trinajstić information content (AvgIpc) is 2.36. The number of hydrogen-bond acceptors (Lipinski definition) is 1. The van der Waals surface area contributed by atoms with Crippen molar-refractivity contribution in [3.05, 3.63) is 68.9 Å². The van der Waals surface area contributed by atoms with E-state index >= 15 is 0 Å². The molecule has 0 spiro atoms. The minimum Gasteiger partial charge on any atom is -0.320 e. The van der Waals surface area contributed by atoms with Crippen molar-refractivity contribution in [3.63, 3.8) is 0 Å². The van der Waals surface area contributed by atoms with E-state index in [1.807, 2.05) is 13.0 Å². The van der Waals surface area contributed by atoms with E-state index in [-0.39, 0.29) is 5.56 Å². The Bertz CT molecular complexity index is 628. The Morgan fingerprint density at radius 1 is 1.00 bits per heavy atom. The van der Waals surface area contributed by atoms with Crippen molar-refractivity contribution in [3.8, 4) is 0 Å². The van der Waals surface area contributed by atoms with Crippen LogP contribution in [0.1, 0.15) is 22.7 Å². The number of rotatable bonds is 2. The van der Waals surface area contributed by atoms with E-state index in [0.717, 1.165) is 16.1 Å². The fourth-order valence-corrected chi connectivity index (χ4v) is 2.37. The zero-order valence-electron chi connectivity index (χ0n) is 10.1. The second-order valence-electron chi connectivity index (χ2n) is 4.24. The summed E-state index contributed by atoms with van der Waals surface area (Å²) < 4.78 is 40.5. The van der Waals surface area contributed by atoms with Gasteiger partial charge in [-0.25, -0.2) is 13.2 Å². The fraction of sp³-hybridized carbons (Fsp3) is 0.143. The molecule has 1 unspecified atom stereocenters. The first-order valence-corrected chi connectivity index (χ1v) is 6.36. The van der Waals surface area contributed by atoms with Crippen LogP contribution in [0, 0.1) is 24.4 Å². The number of aryl methyl sites for hydroxylation is 1. The minimum atomic E-state index is -1.23.